The number of benzene rings is 1. The molecule has 1 heterocycles. The van der Waals surface area contributed by atoms with Gasteiger partial charge in [0, 0.05) is 29.0 Å². The molecule has 2 rings (SSSR count). The number of aryl methyl sites for hydroxylation is 3. The average molecular weight is 308 g/mol. The van der Waals surface area contributed by atoms with Gasteiger partial charge in [0.2, 0.25) is 0 Å². The summed E-state index contributed by atoms with van der Waals surface area (Å²) in [7, 11) is 1.80. The van der Waals surface area contributed by atoms with E-state index in [0.717, 1.165) is 21.3 Å². The first kappa shape index (κ1) is 12.8. The number of nitrogens with zero attached hydrogens (tertiary/aromatic N) is 2. The van der Waals surface area contributed by atoms with Gasteiger partial charge in [0.25, 0.3) is 5.91 Å². The Morgan fingerprint density at radius 3 is 2.61 bits per heavy atom. The van der Waals surface area contributed by atoms with E-state index in [4.69, 9.17) is 0 Å². The molecule has 0 radical (unpaired) electrons. The van der Waals surface area contributed by atoms with Crippen LogP contribution in [0, 0.1) is 13.8 Å². The monoisotopic (exact) mass is 307 g/mol. The molecule has 1 amide bonds. The highest BCUT2D eigenvalue weighted by molar-refractivity contribution is 9.10. The molecule has 1 aromatic heterocycles. The second-order valence-corrected chi connectivity index (χ2v) is 5.11. The molecule has 1 aromatic carbocycles. The Morgan fingerprint density at radius 1 is 1.33 bits per heavy atom. The summed E-state index contributed by atoms with van der Waals surface area (Å²) in [5, 5.41) is 6.99. The average Bonchev–Trinajstić information content (AvgIpc) is 2.63. The summed E-state index contributed by atoms with van der Waals surface area (Å²) in [4.78, 5) is 12.0. The predicted octanol–water partition coefficient (Wildman–Crippen LogP) is 3.05. The van der Waals surface area contributed by atoms with Crippen molar-refractivity contribution in [3.63, 3.8) is 0 Å². The number of amides is 1. The van der Waals surface area contributed by atoms with E-state index in [-0.39, 0.29) is 5.91 Å². The molecule has 0 saturated carbocycles. The largest absolute Gasteiger partial charge is 0.321 e. The van der Waals surface area contributed by atoms with Crippen molar-refractivity contribution in [3.8, 4) is 0 Å². The fourth-order valence-electron chi connectivity index (χ4n) is 1.74. The zero-order valence-electron chi connectivity index (χ0n) is 10.5. The Labute approximate surface area is 114 Å². The van der Waals surface area contributed by atoms with Gasteiger partial charge in [-0.05, 0) is 37.6 Å². The van der Waals surface area contributed by atoms with Crippen LogP contribution in [0.5, 0.6) is 0 Å². The van der Waals surface area contributed by atoms with E-state index in [2.05, 4.69) is 26.3 Å². The summed E-state index contributed by atoms with van der Waals surface area (Å²) in [6.07, 6.45) is 1.82. The Balaban J connectivity index is 2.21. The zero-order valence-corrected chi connectivity index (χ0v) is 12.1. The van der Waals surface area contributed by atoms with Crippen LogP contribution in [0.2, 0.25) is 0 Å². The van der Waals surface area contributed by atoms with E-state index < -0.39 is 0 Å². The van der Waals surface area contributed by atoms with Crippen LogP contribution in [0.4, 0.5) is 5.69 Å². The first-order valence-electron chi connectivity index (χ1n) is 5.55. The number of aromatic nitrogens is 2. The highest BCUT2D eigenvalue weighted by atomic mass is 79.9. The SMILES string of the molecule is Cc1cc(NC(=O)c2nn(C)cc2C)ccc1Br. The molecule has 4 nitrogen and oxygen atoms in total. The molecule has 2 aromatic rings. The van der Waals surface area contributed by atoms with E-state index in [1.807, 2.05) is 38.2 Å². The summed E-state index contributed by atoms with van der Waals surface area (Å²) in [6.45, 7) is 3.85. The van der Waals surface area contributed by atoms with Crippen LogP contribution < -0.4 is 5.32 Å². The summed E-state index contributed by atoms with van der Waals surface area (Å²) >= 11 is 3.43. The van der Waals surface area contributed by atoms with Gasteiger partial charge in [-0.1, -0.05) is 15.9 Å². The molecule has 0 aliphatic rings. The quantitative estimate of drug-likeness (QED) is 0.927. The minimum absolute atomic E-state index is 0.185. The number of nitrogens with one attached hydrogen (secondary N) is 1. The van der Waals surface area contributed by atoms with Crippen molar-refractivity contribution in [3.05, 3.63) is 45.7 Å². The molecule has 18 heavy (non-hydrogen) atoms. The van der Waals surface area contributed by atoms with Crippen molar-refractivity contribution >= 4 is 27.5 Å². The van der Waals surface area contributed by atoms with Crippen molar-refractivity contribution in [1.82, 2.24) is 9.78 Å². The van der Waals surface area contributed by atoms with Crippen LogP contribution in [0.25, 0.3) is 0 Å². The molecule has 1 N–H and O–H groups in total. The normalized spacial score (nSPS) is 10.4. The lowest BCUT2D eigenvalue weighted by Gasteiger charge is -2.06. The number of rotatable bonds is 2. The lowest BCUT2D eigenvalue weighted by Crippen LogP contribution is -2.14. The summed E-state index contributed by atoms with van der Waals surface area (Å²) < 4.78 is 2.66. The number of halogens is 1. The van der Waals surface area contributed by atoms with Crippen molar-refractivity contribution in [1.29, 1.82) is 0 Å². The molecule has 5 heteroatoms. The number of carbonyl (C=O) groups is 1. The molecule has 94 valence electrons. The molecule has 0 bridgehead atoms. The first-order valence-corrected chi connectivity index (χ1v) is 6.34. The summed E-state index contributed by atoms with van der Waals surface area (Å²) in [5.74, 6) is -0.185. The Kier molecular flexibility index (Phi) is 3.52. The molecule has 0 atom stereocenters. The lowest BCUT2D eigenvalue weighted by atomic mass is 10.2. The van der Waals surface area contributed by atoms with Gasteiger partial charge in [-0.15, -0.1) is 0 Å². The van der Waals surface area contributed by atoms with Crippen LogP contribution in [0.1, 0.15) is 21.6 Å². The molecular weight excluding hydrogens is 294 g/mol. The molecule has 0 saturated heterocycles. The van der Waals surface area contributed by atoms with Crippen LogP contribution in [0.3, 0.4) is 0 Å². The molecule has 0 aliphatic carbocycles. The van der Waals surface area contributed by atoms with Crippen LogP contribution in [-0.2, 0) is 7.05 Å². The van der Waals surface area contributed by atoms with Crippen molar-refractivity contribution in [2.24, 2.45) is 7.05 Å². The van der Waals surface area contributed by atoms with E-state index in [1.165, 1.54) is 0 Å². The predicted molar refractivity (Wildman–Crippen MR) is 74.8 cm³/mol. The van der Waals surface area contributed by atoms with Crippen molar-refractivity contribution < 1.29 is 4.79 Å². The Hall–Kier alpha value is -1.62. The minimum Gasteiger partial charge on any atom is -0.321 e. The smallest absolute Gasteiger partial charge is 0.276 e. The van der Waals surface area contributed by atoms with Gasteiger partial charge in [-0.25, -0.2) is 0 Å². The second kappa shape index (κ2) is 4.94. The van der Waals surface area contributed by atoms with Gasteiger partial charge in [0.15, 0.2) is 5.69 Å². The maximum absolute atomic E-state index is 12.0. The highest BCUT2D eigenvalue weighted by Crippen LogP contribution is 2.20. The van der Waals surface area contributed by atoms with Gasteiger partial charge >= 0.3 is 0 Å². The Morgan fingerprint density at radius 2 is 2.06 bits per heavy atom. The van der Waals surface area contributed by atoms with E-state index >= 15 is 0 Å². The van der Waals surface area contributed by atoms with Gasteiger partial charge in [-0.2, -0.15) is 5.10 Å². The molecule has 0 unspecified atom stereocenters. The van der Waals surface area contributed by atoms with Crippen molar-refractivity contribution in [2.75, 3.05) is 5.32 Å². The van der Waals surface area contributed by atoms with Gasteiger partial charge in [0.05, 0.1) is 0 Å². The molecule has 0 fully saturated rings. The summed E-state index contributed by atoms with van der Waals surface area (Å²) in [5.41, 5.74) is 3.17. The lowest BCUT2D eigenvalue weighted by molar-refractivity contribution is 0.102. The third-order valence-corrected chi connectivity index (χ3v) is 3.53. The number of hydrogen-bond donors (Lipinski definition) is 1. The number of carbonyl (C=O) groups excluding carboxylic acids is 1. The van der Waals surface area contributed by atoms with E-state index in [9.17, 15) is 4.79 Å². The minimum atomic E-state index is -0.185. The number of anilines is 1. The highest BCUT2D eigenvalue weighted by Gasteiger charge is 2.13. The fourth-order valence-corrected chi connectivity index (χ4v) is 1.99. The number of hydrogen-bond acceptors (Lipinski definition) is 2. The topological polar surface area (TPSA) is 46.9 Å². The second-order valence-electron chi connectivity index (χ2n) is 4.25. The maximum atomic E-state index is 12.0. The van der Waals surface area contributed by atoms with Crippen molar-refractivity contribution in [2.45, 2.75) is 13.8 Å². The fraction of sp³-hybridized carbons (Fsp3) is 0.231. The molecule has 0 spiro atoms. The molecule has 0 aliphatic heterocycles. The molecular formula is C13H14BrN3O. The van der Waals surface area contributed by atoms with Gasteiger partial charge in [-0.3, -0.25) is 9.48 Å². The van der Waals surface area contributed by atoms with E-state index in [0.29, 0.717) is 5.69 Å². The third kappa shape index (κ3) is 2.61. The van der Waals surface area contributed by atoms with Crippen LogP contribution in [-0.4, -0.2) is 15.7 Å². The van der Waals surface area contributed by atoms with E-state index in [1.54, 1.807) is 11.7 Å². The zero-order chi connectivity index (χ0) is 13.3. The Bertz CT molecular complexity index is 604. The standard InChI is InChI=1S/C13H14BrN3O/c1-8-6-10(4-5-11(8)14)15-13(18)12-9(2)7-17(3)16-12/h4-7H,1-3H3,(H,15,18). The van der Waals surface area contributed by atoms with Crippen LogP contribution in [0.15, 0.2) is 28.9 Å². The van der Waals surface area contributed by atoms with Gasteiger partial charge < -0.3 is 5.32 Å². The van der Waals surface area contributed by atoms with Gasteiger partial charge in [0.1, 0.15) is 0 Å². The van der Waals surface area contributed by atoms with Crippen LogP contribution >= 0.6 is 15.9 Å². The third-order valence-electron chi connectivity index (χ3n) is 2.64. The summed E-state index contributed by atoms with van der Waals surface area (Å²) in [6, 6.07) is 5.68. The maximum Gasteiger partial charge on any atom is 0.276 e. The first-order chi connectivity index (χ1) is 8.47.